The molecule has 6 heteroatoms. The Morgan fingerprint density at radius 3 is 2.83 bits per heavy atom. The fraction of sp³-hybridized carbons (Fsp3) is 0.333. The van der Waals surface area contributed by atoms with E-state index in [9.17, 15) is 9.59 Å². The zero-order chi connectivity index (χ0) is 13.1. The Bertz CT molecular complexity index is 486. The smallest absolute Gasteiger partial charge is 0.335 e. The molecule has 1 heterocycles. The molecule has 1 fully saturated rings. The van der Waals surface area contributed by atoms with E-state index in [1.807, 2.05) is 0 Å². The predicted octanol–water partition coefficient (Wildman–Crippen LogP) is 2.73. The van der Waals surface area contributed by atoms with Crippen molar-refractivity contribution >= 4 is 40.9 Å². The molecule has 0 aliphatic carbocycles. The van der Waals surface area contributed by atoms with Crippen LogP contribution in [0.5, 0.6) is 0 Å². The molecule has 96 valence electrons. The molecule has 1 aromatic carbocycles. The molecular formula is C12H12ClNO3S. The van der Waals surface area contributed by atoms with Crippen LogP contribution in [0, 0.1) is 5.92 Å². The summed E-state index contributed by atoms with van der Waals surface area (Å²) in [4.78, 5) is 22.8. The molecule has 1 amide bonds. The average molecular weight is 286 g/mol. The van der Waals surface area contributed by atoms with Gasteiger partial charge in [0.2, 0.25) is 5.91 Å². The van der Waals surface area contributed by atoms with Crippen molar-refractivity contribution in [1.82, 2.24) is 0 Å². The Balaban J connectivity index is 2.14. The fourth-order valence-electron chi connectivity index (χ4n) is 1.73. The number of hydrogen-bond acceptors (Lipinski definition) is 3. The number of amides is 1. The van der Waals surface area contributed by atoms with Crippen molar-refractivity contribution in [3.8, 4) is 0 Å². The molecule has 0 aromatic heterocycles. The second kappa shape index (κ2) is 5.63. The molecule has 0 bridgehead atoms. The molecule has 1 aliphatic rings. The maximum absolute atomic E-state index is 11.9. The molecule has 0 radical (unpaired) electrons. The molecule has 1 saturated heterocycles. The van der Waals surface area contributed by atoms with Gasteiger partial charge in [0.05, 0.1) is 16.3 Å². The number of carboxylic acid groups (broad SMARTS) is 1. The van der Waals surface area contributed by atoms with Crippen molar-refractivity contribution in [2.45, 2.75) is 6.42 Å². The summed E-state index contributed by atoms with van der Waals surface area (Å²) >= 11 is 7.68. The van der Waals surface area contributed by atoms with Crippen molar-refractivity contribution in [2.24, 2.45) is 5.92 Å². The van der Waals surface area contributed by atoms with Crippen molar-refractivity contribution in [3.63, 3.8) is 0 Å². The lowest BCUT2D eigenvalue weighted by molar-refractivity contribution is -0.119. The molecule has 0 saturated carbocycles. The largest absolute Gasteiger partial charge is 0.478 e. The Labute approximate surface area is 114 Å². The molecule has 1 aromatic rings. The maximum Gasteiger partial charge on any atom is 0.335 e. The first kappa shape index (κ1) is 13.2. The summed E-state index contributed by atoms with van der Waals surface area (Å²) in [5.74, 6) is 0.644. The summed E-state index contributed by atoms with van der Waals surface area (Å²) in [7, 11) is 0. The molecular weight excluding hydrogens is 274 g/mol. The molecule has 1 atom stereocenters. The van der Waals surface area contributed by atoms with Gasteiger partial charge in [-0.1, -0.05) is 11.6 Å². The van der Waals surface area contributed by atoms with Crippen LogP contribution in [0.3, 0.4) is 0 Å². The number of benzene rings is 1. The van der Waals surface area contributed by atoms with Crippen LogP contribution in [0.15, 0.2) is 18.2 Å². The van der Waals surface area contributed by atoms with Gasteiger partial charge in [0.25, 0.3) is 0 Å². The maximum atomic E-state index is 11.9. The van der Waals surface area contributed by atoms with E-state index in [0.717, 1.165) is 17.9 Å². The van der Waals surface area contributed by atoms with Gasteiger partial charge in [-0.25, -0.2) is 4.79 Å². The topological polar surface area (TPSA) is 66.4 Å². The number of nitrogens with one attached hydrogen (secondary N) is 1. The first-order chi connectivity index (χ1) is 8.58. The van der Waals surface area contributed by atoms with Gasteiger partial charge >= 0.3 is 5.97 Å². The van der Waals surface area contributed by atoms with Crippen LogP contribution in [-0.4, -0.2) is 28.5 Å². The van der Waals surface area contributed by atoms with Gasteiger partial charge in [-0.05, 0) is 30.4 Å². The number of rotatable bonds is 3. The van der Waals surface area contributed by atoms with E-state index in [1.165, 1.54) is 18.2 Å². The van der Waals surface area contributed by atoms with Gasteiger partial charge in [0.15, 0.2) is 0 Å². The van der Waals surface area contributed by atoms with E-state index in [1.54, 1.807) is 11.8 Å². The van der Waals surface area contributed by atoms with Crippen LogP contribution in [0.2, 0.25) is 5.02 Å². The van der Waals surface area contributed by atoms with E-state index >= 15 is 0 Å². The highest BCUT2D eigenvalue weighted by Crippen LogP contribution is 2.27. The predicted molar refractivity (Wildman–Crippen MR) is 72.5 cm³/mol. The van der Waals surface area contributed by atoms with Crippen molar-refractivity contribution in [1.29, 1.82) is 0 Å². The van der Waals surface area contributed by atoms with Crippen LogP contribution in [-0.2, 0) is 4.79 Å². The Morgan fingerprint density at radius 1 is 1.44 bits per heavy atom. The minimum atomic E-state index is -1.04. The molecule has 2 rings (SSSR count). The normalized spacial score (nSPS) is 18.6. The van der Waals surface area contributed by atoms with Crippen molar-refractivity contribution < 1.29 is 14.7 Å². The molecule has 0 spiro atoms. The van der Waals surface area contributed by atoms with Crippen molar-refractivity contribution in [2.75, 3.05) is 16.8 Å². The molecule has 1 aliphatic heterocycles. The van der Waals surface area contributed by atoms with Gasteiger partial charge in [-0.2, -0.15) is 11.8 Å². The fourth-order valence-corrected chi connectivity index (χ4v) is 3.12. The Morgan fingerprint density at radius 2 is 2.22 bits per heavy atom. The molecule has 1 unspecified atom stereocenters. The van der Waals surface area contributed by atoms with Crippen LogP contribution in [0.25, 0.3) is 0 Å². The van der Waals surface area contributed by atoms with Crippen LogP contribution in [0.1, 0.15) is 16.8 Å². The van der Waals surface area contributed by atoms with Crippen LogP contribution >= 0.6 is 23.4 Å². The van der Waals surface area contributed by atoms with Crippen LogP contribution < -0.4 is 5.32 Å². The summed E-state index contributed by atoms with van der Waals surface area (Å²) in [6.07, 6.45) is 0.854. The Kier molecular flexibility index (Phi) is 4.14. The number of thioether (sulfide) groups is 1. The van der Waals surface area contributed by atoms with Crippen molar-refractivity contribution in [3.05, 3.63) is 28.8 Å². The first-order valence-corrected chi connectivity index (χ1v) is 7.02. The summed E-state index contributed by atoms with van der Waals surface area (Å²) in [6.45, 7) is 0. The van der Waals surface area contributed by atoms with Gasteiger partial charge in [0, 0.05) is 11.7 Å². The zero-order valence-electron chi connectivity index (χ0n) is 9.48. The van der Waals surface area contributed by atoms with E-state index in [2.05, 4.69) is 5.32 Å². The Hall–Kier alpha value is -1.20. The first-order valence-electron chi connectivity index (χ1n) is 5.49. The monoisotopic (exact) mass is 285 g/mol. The number of aromatic carboxylic acids is 1. The van der Waals surface area contributed by atoms with E-state index in [4.69, 9.17) is 16.7 Å². The average Bonchev–Trinajstić information content (AvgIpc) is 2.85. The van der Waals surface area contributed by atoms with Crippen LogP contribution in [0.4, 0.5) is 5.69 Å². The third-order valence-corrected chi connectivity index (χ3v) is 4.26. The summed E-state index contributed by atoms with van der Waals surface area (Å²) in [5.41, 5.74) is 0.467. The van der Waals surface area contributed by atoms with Gasteiger partial charge in [-0.3, -0.25) is 4.79 Å². The van der Waals surface area contributed by atoms with E-state index in [0.29, 0.717) is 10.7 Å². The zero-order valence-corrected chi connectivity index (χ0v) is 11.1. The third-order valence-electron chi connectivity index (χ3n) is 2.77. The molecule has 2 N–H and O–H groups in total. The molecule has 18 heavy (non-hydrogen) atoms. The number of anilines is 1. The number of carboxylic acids is 1. The third kappa shape index (κ3) is 2.97. The van der Waals surface area contributed by atoms with Gasteiger partial charge < -0.3 is 10.4 Å². The summed E-state index contributed by atoms with van der Waals surface area (Å²) in [5, 5.41) is 11.9. The highest BCUT2D eigenvalue weighted by Gasteiger charge is 2.23. The number of carbonyl (C=O) groups excluding carboxylic acids is 1. The quantitative estimate of drug-likeness (QED) is 0.896. The lowest BCUT2D eigenvalue weighted by Gasteiger charge is -2.11. The number of halogens is 1. The number of hydrogen-bond donors (Lipinski definition) is 2. The van der Waals surface area contributed by atoms with E-state index < -0.39 is 5.97 Å². The molecule has 4 nitrogen and oxygen atoms in total. The van der Waals surface area contributed by atoms with E-state index in [-0.39, 0.29) is 17.4 Å². The second-order valence-electron chi connectivity index (χ2n) is 4.05. The second-order valence-corrected chi connectivity index (χ2v) is 5.61. The minimum absolute atomic E-state index is 0.0143. The highest BCUT2D eigenvalue weighted by molar-refractivity contribution is 7.99. The minimum Gasteiger partial charge on any atom is -0.478 e. The lowest BCUT2D eigenvalue weighted by Crippen LogP contribution is -2.22. The summed E-state index contributed by atoms with van der Waals surface area (Å²) < 4.78 is 0. The van der Waals surface area contributed by atoms with Gasteiger partial charge in [0.1, 0.15) is 0 Å². The van der Waals surface area contributed by atoms with Gasteiger partial charge in [-0.15, -0.1) is 0 Å². The highest BCUT2D eigenvalue weighted by atomic mass is 35.5. The number of carbonyl (C=O) groups is 2. The standard InChI is InChI=1S/C12H12ClNO3S/c13-9-2-1-7(12(16)17)5-10(9)14-11(15)8-3-4-18-6-8/h1-2,5,8H,3-4,6H2,(H,14,15)(H,16,17). The SMILES string of the molecule is O=C(O)c1ccc(Cl)c(NC(=O)C2CCSC2)c1. The summed E-state index contributed by atoms with van der Waals surface area (Å²) in [6, 6.07) is 4.26. The lowest BCUT2D eigenvalue weighted by atomic mass is 10.1.